The predicted octanol–water partition coefficient (Wildman–Crippen LogP) is 1.86. The van der Waals surface area contributed by atoms with Gasteiger partial charge in [-0.05, 0) is 24.6 Å². The molecule has 2 N–H and O–H groups in total. The standard InChI is InChI=1S/C12H14N2O2/c1-7-10-8(13)5-4-6-9(10)14(2)11(7)12(15)16-3/h4-6H,13H2,1-3H3. The summed E-state index contributed by atoms with van der Waals surface area (Å²) >= 11 is 0. The zero-order chi connectivity index (χ0) is 11.9. The van der Waals surface area contributed by atoms with Crippen LogP contribution in [-0.4, -0.2) is 17.6 Å². The van der Waals surface area contributed by atoms with Gasteiger partial charge in [0.1, 0.15) is 5.69 Å². The Morgan fingerprint density at radius 1 is 1.44 bits per heavy atom. The first-order chi connectivity index (χ1) is 7.57. The Morgan fingerprint density at radius 3 is 2.69 bits per heavy atom. The van der Waals surface area contributed by atoms with Gasteiger partial charge >= 0.3 is 5.97 Å². The van der Waals surface area contributed by atoms with E-state index in [0.717, 1.165) is 16.5 Å². The van der Waals surface area contributed by atoms with Crippen molar-refractivity contribution in [3.8, 4) is 0 Å². The number of benzene rings is 1. The maximum Gasteiger partial charge on any atom is 0.354 e. The number of rotatable bonds is 1. The van der Waals surface area contributed by atoms with Crippen LogP contribution in [0.4, 0.5) is 5.69 Å². The van der Waals surface area contributed by atoms with Gasteiger partial charge in [-0.3, -0.25) is 0 Å². The molecule has 1 aromatic carbocycles. The van der Waals surface area contributed by atoms with Gasteiger partial charge in [0.2, 0.25) is 0 Å². The second-order valence-corrected chi connectivity index (χ2v) is 3.77. The number of hydrogen-bond acceptors (Lipinski definition) is 3. The number of aromatic nitrogens is 1. The number of esters is 1. The fourth-order valence-electron chi connectivity index (χ4n) is 2.12. The summed E-state index contributed by atoms with van der Waals surface area (Å²) in [4.78, 5) is 11.7. The minimum Gasteiger partial charge on any atom is -0.464 e. The van der Waals surface area contributed by atoms with Crippen LogP contribution < -0.4 is 5.73 Å². The van der Waals surface area contributed by atoms with E-state index in [1.165, 1.54) is 7.11 Å². The number of ether oxygens (including phenoxy) is 1. The number of nitrogens with two attached hydrogens (primary N) is 1. The molecule has 0 aliphatic rings. The SMILES string of the molecule is COC(=O)c1c(C)c2c(N)cccc2n1C. The van der Waals surface area contributed by atoms with Crippen molar-refractivity contribution in [2.24, 2.45) is 7.05 Å². The van der Waals surface area contributed by atoms with Gasteiger partial charge in [0.05, 0.1) is 12.6 Å². The molecule has 0 radical (unpaired) electrons. The van der Waals surface area contributed by atoms with Crippen LogP contribution in [0.3, 0.4) is 0 Å². The molecule has 84 valence electrons. The van der Waals surface area contributed by atoms with Crippen LogP contribution in [0, 0.1) is 6.92 Å². The lowest BCUT2D eigenvalue weighted by Gasteiger charge is -2.02. The Hall–Kier alpha value is -1.97. The fourth-order valence-corrected chi connectivity index (χ4v) is 2.12. The number of carbonyl (C=O) groups is 1. The molecular formula is C12H14N2O2. The second kappa shape index (κ2) is 3.56. The van der Waals surface area contributed by atoms with E-state index >= 15 is 0 Å². The van der Waals surface area contributed by atoms with Crippen molar-refractivity contribution in [2.75, 3.05) is 12.8 Å². The molecule has 4 heteroatoms. The molecule has 0 saturated carbocycles. The van der Waals surface area contributed by atoms with Crippen LogP contribution in [-0.2, 0) is 11.8 Å². The molecule has 2 rings (SSSR count). The van der Waals surface area contributed by atoms with Crippen molar-refractivity contribution in [1.82, 2.24) is 4.57 Å². The summed E-state index contributed by atoms with van der Waals surface area (Å²) in [5.41, 5.74) is 8.95. The molecule has 0 spiro atoms. The number of aryl methyl sites for hydroxylation is 2. The minimum atomic E-state index is -0.337. The van der Waals surface area contributed by atoms with Crippen molar-refractivity contribution >= 4 is 22.6 Å². The molecule has 0 amide bonds. The lowest BCUT2D eigenvalue weighted by Crippen LogP contribution is -2.08. The molecule has 0 atom stereocenters. The number of nitrogen functional groups attached to an aromatic ring is 1. The highest BCUT2D eigenvalue weighted by Gasteiger charge is 2.19. The van der Waals surface area contributed by atoms with Crippen LogP contribution in [0.15, 0.2) is 18.2 Å². The molecule has 0 saturated heterocycles. The Balaban J connectivity index is 2.87. The molecule has 0 aliphatic carbocycles. The monoisotopic (exact) mass is 218 g/mol. The second-order valence-electron chi connectivity index (χ2n) is 3.77. The summed E-state index contributed by atoms with van der Waals surface area (Å²) in [7, 11) is 3.21. The van der Waals surface area contributed by atoms with Crippen LogP contribution in [0.2, 0.25) is 0 Å². The van der Waals surface area contributed by atoms with E-state index in [2.05, 4.69) is 0 Å². The average molecular weight is 218 g/mol. The van der Waals surface area contributed by atoms with Crippen molar-refractivity contribution in [1.29, 1.82) is 0 Å². The first kappa shape index (κ1) is 10.5. The van der Waals surface area contributed by atoms with E-state index in [0.29, 0.717) is 11.4 Å². The molecule has 4 nitrogen and oxygen atoms in total. The lowest BCUT2D eigenvalue weighted by molar-refractivity contribution is 0.0589. The third kappa shape index (κ3) is 1.26. The van der Waals surface area contributed by atoms with E-state index in [1.54, 1.807) is 0 Å². The molecule has 16 heavy (non-hydrogen) atoms. The third-order valence-electron chi connectivity index (χ3n) is 2.88. The summed E-state index contributed by atoms with van der Waals surface area (Å²) in [5.74, 6) is -0.337. The molecule has 0 fully saturated rings. The zero-order valence-corrected chi connectivity index (χ0v) is 9.57. The molecule has 1 heterocycles. The largest absolute Gasteiger partial charge is 0.464 e. The maximum atomic E-state index is 11.7. The summed E-state index contributed by atoms with van der Waals surface area (Å²) < 4.78 is 6.58. The van der Waals surface area contributed by atoms with Crippen molar-refractivity contribution in [3.63, 3.8) is 0 Å². The quantitative estimate of drug-likeness (QED) is 0.587. The van der Waals surface area contributed by atoms with E-state index in [9.17, 15) is 4.79 Å². The smallest absolute Gasteiger partial charge is 0.354 e. The predicted molar refractivity (Wildman–Crippen MR) is 63.4 cm³/mol. The number of nitrogens with zero attached hydrogens (tertiary/aromatic N) is 1. The van der Waals surface area contributed by atoms with Gasteiger partial charge in [0.15, 0.2) is 0 Å². The molecule has 1 aromatic heterocycles. The summed E-state index contributed by atoms with van der Waals surface area (Å²) in [6.45, 7) is 1.88. The van der Waals surface area contributed by atoms with Crippen LogP contribution >= 0.6 is 0 Å². The Labute approximate surface area is 93.6 Å². The first-order valence-electron chi connectivity index (χ1n) is 4.99. The highest BCUT2D eigenvalue weighted by Crippen LogP contribution is 2.29. The van der Waals surface area contributed by atoms with E-state index in [-0.39, 0.29) is 5.97 Å². The Bertz CT molecular complexity index is 570. The average Bonchev–Trinajstić information content (AvgIpc) is 2.52. The first-order valence-corrected chi connectivity index (χ1v) is 4.99. The third-order valence-corrected chi connectivity index (χ3v) is 2.88. The Kier molecular flexibility index (Phi) is 2.34. The molecule has 0 aliphatic heterocycles. The van der Waals surface area contributed by atoms with E-state index in [4.69, 9.17) is 10.5 Å². The van der Waals surface area contributed by atoms with Gasteiger partial charge in [0.25, 0.3) is 0 Å². The van der Waals surface area contributed by atoms with Crippen molar-refractivity contribution in [3.05, 3.63) is 29.5 Å². The van der Waals surface area contributed by atoms with E-state index in [1.807, 2.05) is 36.7 Å². The highest BCUT2D eigenvalue weighted by atomic mass is 16.5. The van der Waals surface area contributed by atoms with Gasteiger partial charge in [-0.2, -0.15) is 0 Å². The van der Waals surface area contributed by atoms with Crippen LogP contribution in [0.5, 0.6) is 0 Å². The minimum absolute atomic E-state index is 0.337. The van der Waals surface area contributed by atoms with E-state index < -0.39 is 0 Å². The van der Waals surface area contributed by atoms with Gasteiger partial charge in [-0.15, -0.1) is 0 Å². The number of fused-ring (bicyclic) bond motifs is 1. The molecule has 0 bridgehead atoms. The van der Waals surface area contributed by atoms with Gasteiger partial charge in [-0.1, -0.05) is 6.07 Å². The van der Waals surface area contributed by atoms with Gasteiger partial charge in [-0.25, -0.2) is 4.79 Å². The van der Waals surface area contributed by atoms with Gasteiger partial charge < -0.3 is 15.0 Å². The number of carbonyl (C=O) groups excluding carboxylic acids is 1. The van der Waals surface area contributed by atoms with Crippen LogP contribution in [0.1, 0.15) is 16.1 Å². The summed E-state index contributed by atoms with van der Waals surface area (Å²) in [6.07, 6.45) is 0. The fraction of sp³-hybridized carbons (Fsp3) is 0.250. The molecule has 0 unspecified atom stereocenters. The molecular weight excluding hydrogens is 204 g/mol. The van der Waals surface area contributed by atoms with Crippen molar-refractivity contribution in [2.45, 2.75) is 6.92 Å². The maximum absolute atomic E-state index is 11.7. The zero-order valence-electron chi connectivity index (χ0n) is 9.57. The van der Waals surface area contributed by atoms with Crippen molar-refractivity contribution < 1.29 is 9.53 Å². The Morgan fingerprint density at radius 2 is 2.12 bits per heavy atom. The number of anilines is 1. The normalized spacial score (nSPS) is 10.7. The lowest BCUT2D eigenvalue weighted by atomic mass is 10.1. The molecule has 2 aromatic rings. The highest BCUT2D eigenvalue weighted by molar-refractivity contribution is 6.03. The summed E-state index contributed by atoms with van der Waals surface area (Å²) in [6, 6.07) is 5.64. The van der Waals surface area contributed by atoms with Gasteiger partial charge in [0, 0.05) is 18.1 Å². The summed E-state index contributed by atoms with van der Waals surface area (Å²) in [5, 5.41) is 0.922. The topological polar surface area (TPSA) is 57.2 Å². The van der Waals surface area contributed by atoms with Crippen LogP contribution in [0.25, 0.3) is 10.9 Å². The number of hydrogen-bond donors (Lipinski definition) is 1. The number of methoxy groups -OCH3 is 1.